The fourth-order valence-corrected chi connectivity index (χ4v) is 2.00. The molecule has 0 unspecified atom stereocenters. The standard InChI is InChI=1S/C9H13ClN2OS/c1-6-7(2)9(12-11-8(6)10)14-5-4-13-3/h4-5H2,1-3H3. The van der Waals surface area contributed by atoms with E-state index in [4.69, 9.17) is 16.3 Å². The van der Waals surface area contributed by atoms with Crippen molar-refractivity contribution in [2.75, 3.05) is 19.5 Å². The van der Waals surface area contributed by atoms with Crippen LogP contribution in [0.1, 0.15) is 11.1 Å². The lowest BCUT2D eigenvalue weighted by Crippen LogP contribution is -1.98. The van der Waals surface area contributed by atoms with Crippen molar-refractivity contribution in [2.45, 2.75) is 18.9 Å². The van der Waals surface area contributed by atoms with Crippen LogP contribution in [0.15, 0.2) is 5.03 Å². The van der Waals surface area contributed by atoms with Crippen LogP contribution in [0.5, 0.6) is 0 Å². The molecular weight excluding hydrogens is 220 g/mol. The molecule has 1 aromatic rings. The van der Waals surface area contributed by atoms with E-state index in [0.29, 0.717) is 11.8 Å². The average Bonchev–Trinajstić information content (AvgIpc) is 2.18. The van der Waals surface area contributed by atoms with Crippen molar-refractivity contribution in [3.05, 3.63) is 16.3 Å². The first kappa shape index (κ1) is 11.8. The van der Waals surface area contributed by atoms with E-state index < -0.39 is 0 Å². The Kier molecular flexibility index (Phi) is 4.65. The van der Waals surface area contributed by atoms with E-state index in [9.17, 15) is 0 Å². The summed E-state index contributed by atoms with van der Waals surface area (Å²) in [6.45, 7) is 4.67. The van der Waals surface area contributed by atoms with Gasteiger partial charge in [-0.3, -0.25) is 0 Å². The van der Waals surface area contributed by atoms with E-state index in [1.807, 2.05) is 13.8 Å². The highest BCUT2D eigenvalue weighted by Gasteiger charge is 2.07. The van der Waals surface area contributed by atoms with Crippen LogP contribution in [0.3, 0.4) is 0 Å². The second kappa shape index (κ2) is 5.53. The molecule has 0 aliphatic carbocycles. The maximum atomic E-state index is 5.84. The van der Waals surface area contributed by atoms with Crippen molar-refractivity contribution in [3.8, 4) is 0 Å². The van der Waals surface area contributed by atoms with Crippen molar-refractivity contribution in [3.63, 3.8) is 0 Å². The van der Waals surface area contributed by atoms with Crippen LogP contribution in [-0.2, 0) is 4.74 Å². The Hall–Kier alpha value is -0.320. The lowest BCUT2D eigenvalue weighted by molar-refractivity contribution is 0.218. The fourth-order valence-electron chi connectivity index (χ4n) is 0.913. The minimum atomic E-state index is 0.485. The SMILES string of the molecule is COCCSc1nnc(Cl)c(C)c1C. The molecule has 5 heteroatoms. The van der Waals surface area contributed by atoms with E-state index in [-0.39, 0.29) is 0 Å². The predicted octanol–water partition coefficient (Wildman–Crippen LogP) is 2.49. The van der Waals surface area contributed by atoms with Gasteiger partial charge in [-0.05, 0) is 25.0 Å². The van der Waals surface area contributed by atoms with Crippen LogP contribution in [0.4, 0.5) is 0 Å². The molecule has 0 atom stereocenters. The Morgan fingerprint density at radius 3 is 2.64 bits per heavy atom. The third kappa shape index (κ3) is 2.83. The highest BCUT2D eigenvalue weighted by molar-refractivity contribution is 7.99. The molecule has 0 bridgehead atoms. The molecule has 1 rings (SSSR count). The van der Waals surface area contributed by atoms with Gasteiger partial charge in [0.1, 0.15) is 5.03 Å². The van der Waals surface area contributed by atoms with Gasteiger partial charge < -0.3 is 4.74 Å². The topological polar surface area (TPSA) is 35.0 Å². The normalized spacial score (nSPS) is 10.6. The number of hydrogen-bond donors (Lipinski definition) is 0. The lowest BCUT2D eigenvalue weighted by atomic mass is 10.2. The van der Waals surface area contributed by atoms with Crippen LogP contribution >= 0.6 is 23.4 Å². The highest BCUT2D eigenvalue weighted by Crippen LogP contribution is 2.24. The van der Waals surface area contributed by atoms with Gasteiger partial charge in [0.05, 0.1) is 6.61 Å². The Morgan fingerprint density at radius 2 is 2.00 bits per heavy atom. The minimum absolute atomic E-state index is 0.485. The van der Waals surface area contributed by atoms with Crippen LogP contribution in [0, 0.1) is 13.8 Å². The monoisotopic (exact) mass is 232 g/mol. The molecule has 1 heterocycles. The Balaban J connectivity index is 2.73. The number of thioether (sulfide) groups is 1. The van der Waals surface area contributed by atoms with E-state index >= 15 is 0 Å². The zero-order valence-electron chi connectivity index (χ0n) is 8.50. The van der Waals surface area contributed by atoms with Crippen LogP contribution < -0.4 is 0 Å². The smallest absolute Gasteiger partial charge is 0.154 e. The zero-order valence-corrected chi connectivity index (χ0v) is 10.1. The van der Waals surface area contributed by atoms with E-state index in [1.165, 1.54) is 0 Å². The molecule has 1 aromatic heterocycles. The molecule has 3 nitrogen and oxygen atoms in total. The van der Waals surface area contributed by atoms with Gasteiger partial charge in [-0.15, -0.1) is 22.0 Å². The first-order valence-corrected chi connectivity index (χ1v) is 5.64. The van der Waals surface area contributed by atoms with E-state index in [0.717, 1.165) is 21.9 Å². The summed E-state index contributed by atoms with van der Waals surface area (Å²) in [7, 11) is 1.69. The highest BCUT2D eigenvalue weighted by atomic mass is 35.5. The van der Waals surface area contributed by atoms with Gasteiger partial charge in [0.25, 0.3) is 0 Å². The third-order valence-electron chi connectivity index (χ3n) is 1.95. The molecule has 0 saturated heterocycles. The number of aromatic nitrogens is 2. The van der Waals surface area contributed by atoms with Gasteiger partial charge in [-0.25, -0.2) is 0 Å². The molecule has 0 spiro atoms. The van der Waals surface area contributed by atoms with Crippen molar-refractivity contribution in [1.29, 1.82) is 0 Å². The quantitative estimate of drug-likeness (QED) is 0.590. The fraction of sp³-hybridized carbons (Fsp3) is 0.556. The predicted molar refractivity (Wildman–Crippen MR) is 59.1 cm³/mol. The molecule has 0 saturated carbocycles. The number of methoxy groups -OCH3 is 1. The van der Waals surface area contributed by atoms with Gasteiger partial charge in [0, 0.05) is 12.9 Å². The largest absolute Gasteiger partial charge is 0.384 e. The molecular formula is C9H13ClN2OS. The second-order valence-corrected chi connectivity index (χ2v) is 4.33. The summed E-state index contributed by atoms with van der Waals surface area (Å²) >= 11 is 7.48. The van der Waals surface area contributed by atoms with Crippen LogP contribution in [-0.4, -0.2) is 29.7 Å². The molecule has 0 N–H and O–H groups in total. The summed E-state index contributed by atoms with van der Waals surface area (Å²) in [6, 6.07) is 0. The first-order chi connectivity index (χ1) is 6.66. The molecule has 0 amide bonds. The maximum Gasteiger partial charge on any atom is 0.154 e. The van der Waals surface area contributed by atoms with Crippen molar-refractivity contribution in [2.24, 2.45) is 0 Å². The maximum absolute atomic E-state index is 5.84. The number of ether oxygens (including phenoxy) is 1. The van der Waals surface area contributed by atoms with Gasteiger partial charge in [-0.2, -0.15) is 0 Å². The van der Waals surface area contributed by atoms with Crippen molar-refractivity contribution >= 4 is 23.4 Å². The molecule has 0 radical (unpaired) electrons. The summed E-state index contributed by atoms with van der Waals surface area (Å²) in [5, 5.41) is 9.33. The van der Waals surface area contributed by atoms with Crippen molar-refractivity contribution in [1.82, 2.24) is 10.2 Å². The van der Waals surface area contributed by atoms with Crippen LogP contribution in [0.25, 0.3) is 0 Å². The Bertz CT molecular complexity index is 320. The van der Waals surface area contributed by atoms with Gasteiger partial charge >= 0.3 is 0 Å². The minimum Gasteiger partial charge on any atom is -0.384 e. The van der Waals surface area contributed by atoms with E-state index in [2.05, 4.69) is 10.2 Å². The summed E-state index contributed by atoms with van der Waals surface area (Å²) in [6.07, 6.45) is 0. The molecule has 0 fully saturated rings. The number of hydrogen-bond acceptors (Lipinski definition) is 4. The Labute approximate surface area is 93.2 Å². The summed E-state index contributed by atoms with van der Waals surface area (Å²) in [5.74, 6) is 0.882. The molecule has 14 heavy (non-hydrogen) atoms. The van der Waals surface area contributed by atoms with Gasteiger partial charge in [-0.1, -0.05) is 11.6 Å². The molecule has 0 aromatic carbocycles. The summed E-state index contributed by atoms with van der Waals surface area (Å²) in [4.78, 5) is 0. The van der Waals surface area contributed by atoms with Crippen LogP contribution in [0.2, 0.25) is 5.15 Å². The zero-order chi connectivity index (χ0) is 10.6. The average molecular weight is 233 g/mol. The number of rotatable bonds is 4. The summed E-state index contributed by atoms with van der Waals surface area (Å²) in [5.41, 5.74) is 2.10. The van der Waals surface area contributed by atoms with Gasteiger partial charge in [0.15, 0.2) is 5.15 Å². The second-order valence-electron chi connectivity index (χ2n) is 2.89. The first-order valence-electron chi connectivity index (χ1n) is 4.28. The molecule has 0 aliphatic heterocycles. The Morgan fingerprint density at radius 1 is 1.29 bits per heavy atom. The van der Waals surface area contributed by atoms with Crippen molar-refractivity contribution < 1.29 is 4.74 Å². The number of halogens is 1. The van der Waals surface area contributed by atoms with Gasteiger partial charge in [0.2, 0.25) is 0 Å². The summed E-state index contributed by atoms with van der Waals surface area (Å²) < 4.78 is 4.96. The lowest BCUT2D eigenvalue weighted by Gasteiger charge is -2.06. The number of nitrogens with zero attached hydrogens (tertiary/aromatic N) is 2. The molecule has 78 valence electrons. The van der Waals surface area contributed by atoms with E-state index in [1.54, 1.807) is 18.9 Å². The third-order valence-corrected chi connectivity index (χ3v) is 3.34. The molecule has 0 aliphatic rings.